The minimum absolute atomic E-state index is 0.420. The molecule has 1 heterocycles. The van der Waals surface area contributed by atoms with Gasteiger partial charge in [0.1, 0.15) is 11.6 Å². The second-order valence-electron chi connectivity index (χ2n) is 5.44. The van der Waals surface area contributed by atoms with Gasteiger partial charge in [-0.3, -0.25) is 4.79 Å². The lowest BCUT2D eigenvalue weighted by Gasteiger charge is -2.16. The van der Waals surface area contributed by atoms with E-state index in [4.69, 9.17) is 5.11 Å². The lowest BCUT2D eigenvalue weighted by atomic mass is 10.0. The van der Waals surface area contributed by atoms with Crippen molar-refractivity contribution in [3.63, 3.8) is 0 Å². The number of nitrogens with zero attached hydrogens (tertiary/aromatic N) is 1. The zero-order valence-corrected chi connectivity index (χ0v) is 13.6. The van der Waals surface area contributed by atoms with Gasteiger partial charge in [-0.25, -0.2) is 26.7 Å². The number of benzene rings is 2. The van der Waals surface area contributed by atoms with E-state index in [2.05, 4.69) is 11.3 Å². The van der Waals surface area contributed by atoms with E-state index in [1.807, 2.05) is 0 Å². The van der Waals surface area contributed by atoms with Crippen LogP contribution in [0.2, 0.25) is 0 Å². The number of aromatic nitrogens is 1. The maximum Gasteiger partial charge on any atom is 0.511 e. The van der Waals surface area contributed by atoms with Gasteiger partial charge < -0.3 is 14.4 Å². The van der Waals surface area contributed by atoms with Crippen LogP contribution >= 0.6 is 0 Å². The zero-order chi connectivity index (χ0) is 20.7. The number of hydrogen-bond acceptors (Lipinski definition) is 3. The van der Waals surface area contributed by atoms with Crippen molar-refractivity contribution >= 4 is 23.1 Å². The third kappa shape index (κ3) is 2.88. The number of carbonyl (C=O) groups is 1. The van der Waals surface area contributed by atoms with Crippen LogP contribution in [0.4, 0.5) is 26.7 Å². The molecule has 0 saturated heterocycles. The van der Waals surface area contributed by atoms with Crippen LogP contribution in [0.1, 0.15) is 5.56 Å². The smallest absolute Gasteiger partial charge is 0.449 e. The number of pyridine rings is 1. The Hall–Kier alpha value is -3.69. The molecule has 0 unspecified atom stereocenters. The highest BCUT2D eigenvalue weighted by molar-refractivity contribution is 5.91. The molecule has 0 amide bonds. The van der Waals surface area contributed by atoms with Crippen molar-refractivity contribution in [1.29, 1.82) is 0 Å². The molecular weight excluding hydrogens is 389 g/mol. The standard InChI is InChI=1S/C18H8F5NO4/c1-2-8-12-16(15(23)14(22)13(8)21)24(6-11(17(12)25)28-18(26)27)10-4-3-7(19)5-9(10)20/h2-6H,1H2,(H,26,27). The normalized spacial score (nSPS) is 10.9. The highest BCUT2D eigenvalue weighted by atomic mass is 19.2. The molecule has 1 aromatic heterocycles. The second kappa shape index (κ2) is 6.80. The summed E-state index contributed by atoms with van der Waals surface area (Å²) < 4.78 is 75.0. The number of rotatable bonds is 3. The van der Waals surface area contributed by atoms with Gasteiger partial charge >= 0.3 is 6.16 Å². The van der Waals surface area contributed by atoms with Crippen molar-refractivity contribution < 1.29 is 36.6 Å². The van der Waals surface area contributed by atoms with E-state index in [0.717, 1.165) is 12.1 Å². The maximum atomic E-state index is 14.5. The Labute approximate surface area is 152 Å². The quantitative estimate of drug-likeness (QED) is 0.405. The summed E-state index contributed by atoms with van der Waals surface area (Å²) in [6.45, 7) is 3.22. The minimum Gasteiger partial charge on any atom is -0.449 e. The van der Waals surface area contributed by atoms with E-state index in [1.54, 1.807) is 0 Å². The topological polar surface area (TPSA) is 68.5 Å². The molecule has 3 aromatic rings. The Morgan fingerprint density at radius 1 is 1.11 bits per heavy atom. The fraction of sp³-hybridized carbons (Fsp3) is 0. The van der Waals surface area contributed by atoms with Gasteiger partial charge in [0.2, 0.25) is 5.43 Å². The number of carboxylic acid groups (broad SMARTS) is 1. The highest BCUT2D eigenvalue weighted by Gasteiger charge is 2.26. The zero-order valence-electron chi connectivity index (χ0n) is 13.6. The van der Waals surface area contributed by atoms with Gasteiger partial charge in [0.15, 0.2) is 23.2 Å². The second-order valence-corrected chi connectivity index (χ2v) is 5.44. The van der Waals surface area contributed by atoms with E-state index in [-0.39, 0.29) is 0 Å². The summed E-state index contributed by atoms with van der Waals surface area (Å²) in [6.07, 6.45) is -0.661. The fourth-order valence-electron chi connectivity index (χ4n) is 2.71. The first-order valence-electron chi connectivity index (χ1n) is 7.41. The summed E-state index contributed by atoms with van der Waals surface area (Å²) in [6, 6.07) is 2.03. The number of fused-ring (bicyclic) bond motifs is 1. The van der Waals surface area contributed by atoms with Gasteiger partial charge in [0, 0.05) is 11.6 Å². The van der Waals surface area contributed by atoms with Crippen LogP contribution in [0.3, 0.4) is 0 Å². The fourth-order valence-corrected chi connectivity index (χ4v) is 2.71. The molecule has 5 nitrogen and oxygen atoms in total. The summed E-state index contributed by atoms with van der Waals surface area (Å²) in [4.78, 5) is 23.4. The lowest BCUT2D eigenvalue weighted by molar-refractivity contribution is 0.144. The molecule has 0 atom stereocenters. The number of halogens is 5. The largest absolute Gasteiger partial charge is 0.511 e. The predicted molar refractivity (Wildman–Crippen MR) is 88.1 cm³/mol. The van der Waals surface area contributed by atoms with Gasteiger partial charge in [-0.1, -0.05) is 12.7 Å². The average Bonchev–Trinajstić information content (AvgIpc) is 2.62. The summed E-state index contributed by atoms with van der Waals surface area (Å²) >= 11 is 0. The summed E-state index contributed by atoms with van der Waals surface area (Å²) in [5.74, 6) is -8.76. The number of ether oxygens (including phenoxy) is 1. The van der Waals surface area contributed by atoms with Crippen molar-refractivity contribution in [2.45, 2.75) is 0 Å². The molecule has 10 heteroatoms. The maximum absolute atomic E-state index is 14.5. The molecule has 144 valence electrons. The van der Waals surface area contributed by atoms with Crippen LogP contribution in [0.5, 0.6) is 5.75 Å². The predicted octanol–water partition coefficient (Wildman–Crippen LogP) is 4.39. The van der Waals surface area contributed by atoms with Crippen LogP contribution in [-0.2, 0) is 0 Å². The van der Waals surface area contributed by atoms with Crippen LogP contribution in [0, 0.1) is 29.1 Å². The Morgan fingerprint density at radius 2 is 1.79 bits per heavy atom. The Kier molecular flexibility index (Phi) is 4.63. The minimum atomic E-state index is -1.97. The molecule has 0 aliphatic carbocycles. The molecule has 0 spiro atoms. The van der Waals surface area contributed by atoms with E-state index in [9.17, 15) is 31.5 Å². The summed E-state index contributed by atoms with van der Waals surface area (Å²) in [5, 5.41) is 7.93. The van der Waals surface area contributed by atoms with E-state index in [0.29, 0.717) is 22.9 Å². The third-order valence-electron chi connectivity index (χ3n) is 3.84. The van der Waals surface area contributed by atoms with Gasteiger partial charge in [0.05, 0.1) is 22.8 Å². The Balaban J connectivity index is 2.61. The molecule has 0 fully saturated rings. The lowest BCUT2D eigenvalue weighted by Crippen LogP contribution is -2.19. The molecule has 0 aliphatic heterocycles. The van der Waals surface area contributed by atoms with Crippen molar-refractivity contribution in [3.05, 3.63) is 75.8 Å². The molecule has 0 radical (unpaired) electrons. The first-order valence-corrected chi connectivity index (χ1v) is 7.41. The highest BCUT2D eigenvalue weighted by Crippen LogP contribution is 2.31. The molecule has 3 rings (SSSR count). The van der Waals surface area contributed by atoms with Crippen LogP contribution in [0.15, 0.2) is 35.8 Å². The molecular formula is C18H8F5NO4. The van der Waals surface area contributed by atoms with Crippen LogP contribution in [0.25, 0.3) is 22.7 Å². The first-order chi connectivity index (χ1) is 13.2. The van der Waals surface area contributed by atoms with Crippen molar-refractivity contribution in [2.24, 2.45) is 0 Å². The van der Waals surface area contributed by atoms with E-state index in [1.165, 1.54) is 0 Å². The van der Waals surface area contributed by atoms with E-state index >= 15 is 0 Å². The van der Waals surface area contributed by atoms with Crippen molar-refractivity contribution in [3.8, 4) is 11.4 Å². The van der Waals surface area contributed by atoms with Gasteiger partial charge in [0.25, 0.3) is 0 Å². The first kappa shape index (κ1) is 19.1. The van der Waals surface area contributed by atoms with Crippen LogP contribution in [-0.4, -0.2) is 15.8 Å². The summed E-state index contributed by atoms with van der Waals surface area (Å²) in [7, 11) is 0. The van der Waals surface area contributed by atoms with Crippen LogP contribution < -0.4 is 10.2 Å². The SMILES string of the molecule is C=Cc1c(F)c(F)c(F)c2c1c(=O)c(OC(=O)O)cn2-c1ccc(F)cc1F. The van der Waals surface area contributed by atoms with Gasteiger partial charge in [-0.15, -0.1) is 0 Å². The average molecular weight is 397 g/mol. The van der Waals surface area contributed by atoms with Crippen molar-refractivity contribution in [2.75, 3.05) is 0 Å². The summed E-state index contributed by atoms with van der Waals surface area (Å²) in [5.41, 5.74) is -3.58. The third-order valence-corrected chi connectivity index (χ3v) is 3.84. The molecule has 2 aromatic carbocycles. The van der Waals surface area contributed by atoms with Crippen molar-refractivity contribution in [1.82, 2.24) is 4.57 Å². The monoisotopic (exact) mass is 397 g/mol. The molecule has 28 heavy (non-hydrogen) atoms. The van der Waals surface area contributed by atoms with Gasteiger partial charge in [-0.05, 0) is 12.1 Å². The Morgan fingerprint density at radius 3 is 2.36 bits per heavy atom. The molecule has 0 aliphatic rings. The Bertz CT molecular complexity index is 1220. The molecule has 0 bridgehead atoms. The molecule has 0 saturated carbocycles. The van der Waals surface area contributed by atoms with Gasteiger partial charge in [-0.2, -0.15) is 0 Å². The number of hydrogen-bond donors (Lipinski definition) is 1. The van der Waals surface area contributed by atoms with E-state index < -0.39 is 68.6 Å². The molecule has 1 N–H and O–H groups in total.